The van der Waals surface area contributed by atoms with Crippen LogP contribution >= 0.6 is 0 Å². The Morgan fingerprint density at radius 1 is 1.36 bits per heavy atom. The summed E-state index contributed by atoms with van der Waals surface area (Å²) in [5, 5.41) is 0. The lowest BCUT2D eigenvalue weighted by molar-refractivity contribution is 0.328. The van der Waals surface area contributed by atoms with Crippen molar-refractivity contribution in [1.82, 2.24) is 0 Å². The third-order valence-electron chi connectivity index (χ3n) is 2.32. The van der Waals surface area contributed by atoms with Crippen molar-refractivity contribution in [2.75, 3.05) is 6.61 Å². The molecule has 0 saturated heterocycles. The van der Waals surface area contributed by atoms with Gasteiger partial charge in [0.05, 0.1) is 11.5 Å². The molecule has 0 radical (unpaired) electrons. The van der Waals surface area contributed by atoms with Gasteiger partial charge in [-0.05, 0) is 37.8 Å². The minimum atomic E-state index is -1.27. The first kappa shape index (κ1) is 9.87. The minimum Gasteiger partial charge on any atom is -0.286 e. The quantitative estimate of drug-likeness (QED) is 0.763. The first-order valence-electron chi connectivity index (χ1n) is 4.87. The lowest BCUT2D eigenvalue weighted by Gasteiger charge is -2.02. The van der Waals surface area contributed by atoms with Crippen molar-refractivity contribution in [3.63, 3.8) is 0 Å². The molecule has 0 heterocycles. The van der Waals surface area contributed by atoms with E-state index in [0.29, 0.717) is 12.5 Å². The van der Waals surface area contributed by atoms with Crippen molar-refractivity contribution in [2.45, 2.75) is 24.7 Å². The highest BCUT2D eigenvalue weighted by molar-refractivity contribution is 7.80. The van der Waals surface area contributed by atoms with Crippen molar-refractivity contribution in [3.8, 4) is 0 Å². The van der Waals surface area contributed by atoms with Crippen LogP contribution in [-0.2, 0) is 15.3 Å². The molecule has 1 aromatic carbocycles. The van der Waals surface area contributed by atoms with Crippen molar-refractivity contribution >= 4 is 11.1 Å². The smallest absolute Gasteiger partial charge is 0.189 e. The topological polar surface area (TPSA) is 26.3 Å². The molecule has 1 fully saturated rings. The molecule has 1 aliphatic carbocycles. The number of aryl methyl sites for hydroxylation is 1. The van der Waals surface area contributed by atoms with Gasteiger partial charge >= 0.3 is 0 Å². The van der Waals surface area contributed by atoms with Crippen molar-refractivity contribution in [2.24, 2.45) is 5.92 Å². The highest BCUT2D eigenvalue weighted by Crippen LogP contribution is 2.29. The second-order valence-corrected chi connectivity index (χ2v) is 4.95. The largest absolute Gasteiger partial charge is 0.286 e. The van der Waals surface area contributed by atoms with E-state index in [0.717, 1.165) is 4.90 Å². The summed E-state index contributed by atoms with van der Waals surface area (Å²) in [5.41, 5.74) is 1.17. The van der Waals surface area contributed by atoms with Crippen LogP contribution in [0, 0.1) is 12.8 Å². The van der Waals surface area contributed by atoms with Crippen LogP contribution in [0.1, 0.15) is 18.4 Å². The highest BCUT2D eigenvalue weighted by atomic mass is 32.2. The Bertz CT molecular complexity index is 328. The fourth-order valence-corrected chi connectivity index (χ4v) is 1.97. The maximum absolute atomic E-state index is 11.6. The van der Waals surface area contributed by atoms with Gasteiger partial charge in [0.2, 0.25) is 0 Å². The number of benzene rings is 1. The lowest BCUT2D eigenvalue weighted by atomic mass is 10.2. The van der Waals surface area contributed by atoms with Gasteiger partial charge in [-0.3, -0.25) is 4.18 Å². The summed E-state index contributed by atoms with van der Waals surface area (Å²) in [6.45, 7) is 2.65. The molecule has 2 rings (SSSR count). The fraction of sp³-hybridized carbons (Fsp3) is 0.455. The zero-order valence-electron chi connectivity index (χ0n) is 8.23. The van der Waals surface area contributed by atoms with E-state index in [9.17, 15) is 4.21 Å². The van der Waals surface area contributed by atoms with E-state index in [4.69, 9.17) is 4.18 Å². The van der Waals surface area contributed by atoms with Crippen LogP contribution in [0.5, 0.6) is 0 Å². The Balaban J connectivity index is 1.92. The molecule has 1 saturated carbocycles. The Kier molecular flexibility index (Phi) is 2.99. The molecule has 76 valence electrons. The minimum absolute atomic E-state index is 0.639. The predicted molar refractivity (Wildman–Crippen MR) is 56.3 cm³/mol. The first-order chi connectivity index (χ1) is 6.75. The van der Waals surface area contributed by atoms with Gasteiger partial charge in [0.25, 0.3) is 0 Å². The van der Waals surface area contributed by atoms with Crippen LogP contribution in [0.15, 0.2) is 29.2 Å². The molecule has 0 aliphatic heterocycles. The Morgan fingerprint density at radius 3 is 2.57 bits per heavy atom. The van der Waals surface area contributed by atoms with E-state index in [2.05, 4.69) is 0 Å². The summed E-state index contributed by atoms with van der Waals surface area (Å²) in [4.78, 5) is 0.760. The average molecular weight is 210 g/mol. The van der Waals surface area contributed by atoms with Gasteiger partial charge in [-0.25, -0.2) is 4.21 Å². The zero-order chi connectivity index (χ0) is 9.97. The number of hydrogen-bond donors (Lipinski definition) is 0. The van der Waals surface area contributed by atoms with E-state index in [-0.39, 0.29) is 0 Å². The maximum Gasteiger partial charge on any atom is 0.189 e. The third kappa shape index (κ3) is 2.66. The Labute approximate surface area is 86.9 Å². The van der Waals surface area contributed by atoms with E-state index < -0.39 is 11.1 Å². The SMILES string of the molecule is Cc1ccc(S(=O)OCC2CC2)cc1. The summed E-state index contributed by atoms with van der Waals surface area (Å²) in [7, 11) is 0. The van der Waals surface area contributed by atoms with Crippen LogP contribution < -0.4 is 0 Å². The van der Waals surface area contributed by atoms with Gasteiger partial charge in [0.1, 0.15) is 0 Å². The Morgan fingerprint density at radius 2 is 2.00 bits per heavy atom. The van der Waals surface area contributed by atoms with Crippen LogP contribution in [0.2, 0.25) is 0 Å². The van der Waals surface area contributed by atoms with Crippen LogP contribution in [0.3, 0.4) is 0 Å². The second-order valence-electron chi connectivity index (χ2n) is 3.78. The molecule has 2 nitrogen and oxygen atoms in total. The average Bonchev–Trinajstić information content (AvgIpc) is 2.99. The summed E-state index contributed by atoms with van der Waals surface area (Å²) in [6.07, 6.45) is 2.45. The molecule has 0 aromatic heterocycles. The van der Waals surface area contributed by atoms with E-state index >= 15 is 0 Å². The van der Waals surface area contributed by atoms with Crippen molar-refractivity contribution in [1.29, 1.82) is 0 Å². The standard InChI is InChI=1S/C11H14O2S/c1-9-2-6-11(7-3-9)14(12)13-8-10-4-5-10/h2-3,6-7,10H,4-5,8H2,1H3. The van der Waals surface area contributed by atoms with Crippen molar-refractivity contribution < 1.29 is 8.39 Å². The van der Waals surface area contributed by atoms with Crippen LogP contribution in [0.25, 0.3) is 0 Å². The van der Waals surface area contributed by atoms with Crippen molar-refractivity contribution in [3.05, 3.63) is 29.8 Å². The number of hydrogen-bond acceptors (Lipinski definition) is 2. The second kappa shape index (κ2) is 4.24. The van der Waals surface area contributed by atoms with E-state index in [1.807, 2.05) is 31.2 Å². The van der Waals surface area contributed by atoms with Gasteiger partial charge in [0, 0.05) is 0 Å². The maximum atomic E-state index is 11.6. The molecule has 14 heavy (non-hydrogen) atoms. The van der Waals surface area contributed by atoms with Crippen LogP contribution in [0.4, 0.5) is 0 Å². The van der Waals surface area contributed by atoms with Gasteiger partial charge < -0.3 is 0 Å². The van der Waals surface area contributed by atoms with E-state index in [1.165, 1.54) is 18.4 Å². The predicted octanol–water partition coefficient (Wildman–Crippen LogP) is 2.44. The molecule has 0 amide bonds. The van der Waals surface area contributed by atoms with E-state index in [1.54, 1.807) is 0 Å². The highest BCUT2D eigenvalue weighted by Gasteiger charge is 2.22. The van der Waals surface area contributed by atoms with Gasteiger partial charge in [-0.1, -0.05) is 17.7 Å². The molecular formula is C11H14O2S. The molecule has 1 aliphatic rings. The summed E-state index contributed by atoms with van der Waals surface area (Å²) in [5.74, 6) is 0.657. The molecular weight excluding hydrogens is 196 g/mol. The summed E-state index contributed by atoms with van der Waals surface area (Å²) < 4.78 is 16.8. The molecule has 1 aromatic rings. The van der Waals surface area contributed by atoms with Crippen LogP contribution in [-0.4, -0.2) is 10.8 Å². The fourth-order valence-electron chi connectivity index (χ4n) is 1.16. The third-order valence-corrected chi connectivity index (χ3v) is 3.33. The summed E-state index contributed by atoms with van der Waals surface area (Å²) in [6, 6.07) is 7.62. The lowest BCUT2D eigenvalue weighted by Crippen LogP contribution is -2.01. The molecule has 0 bridgehead atoms. The monoisotopic (exact) mass is 210 g/mol. The Hall–Kier alpha value is -0.670. The molecule has 1 unspecified atom stereocenters. The van der Waals surface area contributed by atoms with Gasteiger partial charge in [0.15, 0.2) is 11.1 Å². The first-order valence-corrected chi connectivity index (χ1v) is 5.95. The molecule has 0 spiro atoms. The normalized spacial score (nSPS) is 18.1. The molecule has 1 atom stereocenters. The molecule has 0 N–H and O–H groups in total. The number of rotatable bonds is 4. The summed E-state index contributed by atoms with van der Waals surface area (Å²) >= 11 is -1.27. The molecule has 3 heteroatoms. The zero-order valence-corrected chi connectivity index (χ0v) is 9.05. The van der Waals surface area contributed by atoms with Gasteiger partial charge in [-0.2, -0.15) is 0 Å². The van der Waals surface area contributed by atoms with Gasteiger partial charge in [-0.15, -0.1) is 0 Å².